The van der Waals surface area contributed by atoms with Crippen LogP contribution in [-0.4, -0.2) is 53.6 Å². The molecule has 0 atom stereocenters. The lowest BCUT2D eigenvalue weighted by atomic mass is 10.1. The molecule has 0 saturated carbocycles. The molecule has 0 N–H and O–H groups in total. The van der Waals surface area contributed by atoms with E-state index >= 15 is 0 Å². The molecular formula is C17H22Cl2N4O2. The van der Waals surface area contributed by atoms with Crippen molar-refractivity contribution >= 4 is 35.9 Å². The number of hydrogen-bond donors (Lipinski definition) is 0. The third kappa shape index (κ3) is 4.02. The van der Waals surface area contributed by atoms with Crippen LogP contribution >= 0.6 is 24.0 Å². The van der Waals surface area contributed by atoms with Crippen molar-refractivity contribution in [2.75, 3.05) is 38.2 Å². The number of hydrogen-bond acceptors (Lipinski definition) is 4. The summed E-state index contributed by atoms with van der Waals surface area (Å²) in [5, 5.41) is 0.530. The number of carbonyl (C=O) groups is 1. The molecule has 0 unspecified atom stereocenters. The second-order valence-electron chi connectivity index (χ2n) is 5.64. The van der Waals surface area contributed by atoms with Crippen LogP contribution in [0, 0.1) is 0 Å². The molecule has 136 valence electrons. The van der Waals surface area contributed by atoms with Gasteiger partial charge in [0.2, 0.25) is 5.95 Å². The average molecular weight is 385 g/mol. The fraction of sp³-hybridized carbons (Fsp3) is 0.412. The first kappa shape index (κ1) is 19.4. The number of anilines is 1. The summed E-state index contributed by atoms with van der Waals surface area (Å²) >= 11 is 6.04. The quantitative estimate of drug-likeness (QED) is 0.812. The van der Waals surface area contributed by atoms with Crippen LogP contribution in [0.25, 0.3) is 0 Å². The van der Waals surface area contributed by atoms with Crippen LogP contribution in [0.1, 0.15) is 17.3 Å². The molecule has 0 spiro atoms. The highest BCUT2D eigenvalue weighted by Crippen LogP contribution is 2.25. The minimum Gasteiger partial charge on any atom is -0.496 e. The third-order valence-corrected chi connectivity index (χ3v) is 4.51. The molecule has 2 heterocycles. The van der Waals surface area contributed by atoms with Crippen molar-refractivity contribution in [2.45, 2.75) is 13.5 Å². The number of ether oxygens (including phenoxy) is 1. The van der Waals surface area contributed by atoms with E-state index in [9.17, 15) is 4.79 Å². The lowest BCUT2D eigenvalue weighted by Gasteiger charge is -2.35. The molecule has 0 aliphatic carbocycles. The summed E-state index contributed by atoms with van der Waals surface area (Å²) in [6.07, 6.45) is 3.79. The van der Waals surface area contributed by atoms with Gasteiger partial charge in [-0.2, -0.15) is 0 Å². The van der Waals surface area contributed by atoms with Crippen LogP contribution in [0.3, 0.4) is 0 Å². The molecule has 1 aliphatic rings. The van der Waals surface area contributed by atoms with Gasteiger partial charge in [-0.1, -0.05) is 11.6 Å². The molecule has 1 aromatic carbocycles. The number of carbonyl (C=O) groups excluding carboxylic acids is 1. The molecule has 6 nitrogen and oxygen atoms in total. The Bertz CT molecular complexity index is 727. The minimum atomic E-state index is -0.0483. The highest BCUT2D eigenvalue weighted by molar-refractivity contribution is 6.31. The van der Waals surface area contributed by atoms with Crippen molar-refractivity contribution < 1.29 is 9.53 Å². The highest BCUT2D eigenvalue weighted by atomic mass is 35.5. The van der Waals surface area contributed by atoms with E-state index < -0.39 is 0 Å². The smallest absolute Gasteiger partial charge is 0.257 e. The van der Waals surface area contributed by atoms with E-state index in [1.807, 2.05) is 17.3 Å². The maximum atomic E-state index is 12.8. The first-order valence-electron chi connectivity index (χ1n) is 8.03. The highest BCUT2D eigenvalue weighted by Gasteiger charge is 2.26. The van der Waals surface area contributed by atoms with Crippen LogP contribution in [-0.2, 0) is 6.54 Å². The fourth-order valence-corrected chi connectivity index (χ4v) is 3.13. The minimum absolute atomic E-state index is 0. The van der Waals surface area contributed by atoms with E-state index in [2.05, 4.69) is 21.4 Å². The predicted octanol–water partition coefficient (Wildman–Crippen LogP) is 2.95. The van der Waals surface area contributed by atoms with Gasteiger partial charge in [0.05, 0.1) is 12.7 Å². The molecule has 0 radical (unpaired) electrons. The second-order valence-corrected chi connectivity index (χ2v) is 6.07. The Balaban J connectivity index is 0.00000225. The molecule has 1 aromatic heterocycles. The summed E-state index contributed by atoms with van der Waals surface area (Å²) in [4.78, 5) is 21.3. The Hall–Kier alpha value is -1.92. The maximum absolute atomic E-state index is 12.8. The standard InChI is InChI=1S/C17H21ClN4O2.ClH/c1-3-20-7-6-19-17(20)22-10-8-21(9-11-22)16(23)14-12-13(18)4-5-15(14)24-2;/h4-7,12H,3,8-11H2,1-2H3;1H. The molecule has 8 heteroatoms. The molecule has 1 saturated heterocycles. The summed E-state index contributed by atoms with van der Waals surface area (Å²) < 4.78 is 7.40. The van der Waals surface area contributed by atoms with E-state index in [0.717, 1.165) is 25.6 Å². The number of imidazole rings is 1. The van der Waals surface area contributed by atoms with Crippen LogP contribution in [0.15, 0.2) is 30.6 Å². The SMILES string of the molecule is CCn1ccnc1N1CCN(C(=O)c2cc(Cl)ccc2OC)CC1.Cl. The number of halogens is 2. The number of nitrogens with zero attached hydrogens (tertiary/aromatic N) is 4. The number of methoxy groups -OCH3 is 1. The van der Waals surface area contributed by atoms with E-state index in [1.54, 1.807) is 25.3 Å². The van der Waals surface area contributed by atoms with Gasteiger partial charge in [-0.25, -0.2) is 4.98 Å². The van der Waals surface area contributed by atoms with Crippen LogP contribution in [0.2, 0.25) is 5.02 Å². The normalized spacial score (nSPS) is 14.2. The van der Waals surface area contributed by atoms with Crippen molar-refractivity contribution in [1.82, 2.24) is 14.5 Å². The molecule has 1 aliphatic heterocycles. The topological polar surface area (TPSA) is 50.6 Å². The maximum Gasteiger partial charge on any atom is 0.257 e. The zero-order valence-electron chi connectivity index (χ0n) is 14.3. The molecule has 1 fully saturated rings. The molecule has 0 bridgehead atoms. The van der Waals surface area contributed by atoms with E-state index in [-0.39, 0.29) is 18.3 Å². The number of rotatable bonds is 4. The molecular weight excluding hydrogens is 363 g/mol. The second kappa shape index (κ2) is 8.45. The van der Waals surface area contributed by atoms with Gasteiger partial charge in [0.15, 0.2) is 0 Å². The summed E-state index contributed by atoms with van der Waals surface area (Å²) in [6.45, 7) is 5.78. The van der Waals surface area contributed by atoms with Gasteiger partial charge in [0, 0.05) is 50.1 Å². The predicted molar refractivity (Wildman–Crippen MR) is 101 cm³/mol. The average Bonchev–Trinajstić information content (AvgIpc) is 3.10. The van der Waals surface area contributed by atoms with Gasteiger partial charge in [-0.05, 0) is 25.1 Å². The number of amides is 1. The van der Waals surface area contributed by atoms with E-state index in [4.69, 9.17) is 16.3 Å². The number of piperazine rings is 1. The third-order valence-electron chi connectivity index (χ3n) is 4.28. The van der Waals surface area contributed by atoms with E-state index in [0.29, 0.717) is 29.4 Å². The lowest BCUT2D eigenvalue weighted by molar-refractivity contribution is 0.0742. The first-order chi connectivity index (χ1) is 11.6. The van der Waals surface area contributed by atoms with Crippen molar-refractivity contribution in [3.63, 3.8) is 0 Å². The Morgan fingerprint density at radius 2 is 2.00 bits per heavy atom. The molecule has 25 heavy (non-hydrogen) atoms. The fourth-order valence-electron chi connectivity index (χ4n) is 2.96. The Labute approximate surface area is 158 Å². The van der Waals surface area contributed by atoms with Crippen molar-refractivity contribution in [1.29, 1.82) is 0 Å². The summed E-state index contributed by atoms with van der Waals surface area (Å²) in [7, 11) is 1.56. The van der Waals surface area contributed by atoms with Gasteiger partial charge in [-0.3, -0.25) is 4.79 Å². The Morgan fingerprint density at radius 1 is 1.28 bits per heavy atom. The van der Waals surface area contributed by atoms with E-state index in [1.165, 1.54) is 0 Å². The van der Waals surface area contributed by atoms with Crippen LogP contribution in [0.4, 0.5) is 5.95 Å². The van der Waals surface area contributed by atoms with Crippen molar-refractivity contribution in [3.8, 4) is 5.75 Å². The molecule has 2 aromatic rings. The molecule has 3 rings (SSSR count). The number of aromatic nitrogens is 2. The van der Waals surface area contributed by atoms with Crippen LogP contribution in [0.5, 0.6) is 5.75 Å². The molecule has 1 amide bonds. The van der Waals surface area contributed by atoms with Gasteiger partial charge >= 0.3 is 0 Å². The van der Waals surface area contributed by atoms with Gasteiger partial charge in [0.25, 0.3) is 5.91 Å². The Morgan fingerprint density at radius 3 is 2.64 bits per heavy atom. The van der Waals surface area contributed by atoms with Crippen molar-refractivity contribution in [3.05, 3.63) is 41.2 Å². The lowest BCUT2D eigenvalue weighted by Crippen LogP contribution is -2.49. The monoisotopic (exact) mass is 384 g/mol. The summed E-state index contributed by atoms with van der Waals surface area (Å²) in [5.74, 6) is 1.46. The summed E-state index contributed by atoms with van der Waals surface area (Å²) in [5.41, 5.74) is 0.508. The number of benzene rings is 1. The largest absolute Gasteiger partial charge is 0.496 e. The van der Waals surface area contributed by atoms with Crippen molar-refractivity contribution in [2.24, 2.45) is 0 Å². The van der Waals surface area contributed by atoms with Crippen LogP contribution < -0.4 is 9.64 Å². The zero-order chi connectivity index (χ0) is 17.1. The first-order valence-corrected chi connectivity index (χ1v) is 8.40. The Kier molecular flexibility index (Phi) is 6.56. The zero-order valence-corrected chi connectivity index (χ0v) is 15.9. The van der Waals surface area contributed by atoms with Gasteiger partial charge in [0.1, 0.15) is 5.75 Å². The summed E-state index contributed by atoms with van der Waals surface area (Å²) in [6, 6.07) is 5.11. The number of aryl methyl sites for hydroxylation is 1. The van der Waals surface area contributed by atoms with Gasteiger partial charge in [-0.15, -0.1) is 12.4 Å². The van der Waals surface area contributed by atoms with Gasteiger partial charge < -0.3 is 19.1 Å².